The molecule has 1 aromatic rings. The van der Waals surface area contributed by atoms with Gasteiger partial charge in [-0.2, -0.15) is 9.78 Å². The van der Waals surface area contributed by atoms with Gasteiger partial charge >= 0.3 is 0 Å². The van der Waals surface area contributed by atoms with Crippen LogP contribution in [0.4, 0.5) is 5.82 Å². The van der Waals surface area contributed by atoms with E-state index in [9.17, 15) is 4.79 Å². The highest BCUT2D eigenvalue weighted by Gasteiger charge is 2.28. The first-order chi connectivity index (χ1) is 8.11. The lowest BCUT2D eigenvalue weighted by Gasteiger charge is -2.26. The van der Waals surface area contributed by atoms with Gasteiger partial charge in [0.1, 0.15) is 5.82 Å². The topological polar surface area (TPSA) is 70.1 Å². The fraction of sp³-hybridized carbons (Fsp3) is 0.667. The van der Waals surface area contributed by atoms with E-state index >= 15 is 0 Å². The molecule has 0 unspecified atom stereocenters. The van der Waals surface area contributed by atoms with Gasteiger partial charge in [0.25, 0.3) is 5.91 Å². The minimum absolute atomic E-state index is 0.0187. The van der Waals surface area contributed by atoms with Crippen LogP contribution in [0.15, 0.2) is 6.07 Å². The summed E-state index contributed by atoms with van der Waals surface area (Å²) in [4.78, 5) is 12.2. The third-order valence-electron chi connectivity index (χ3n) is 3.42. The highest BCUT2D eigenvalue weighted by Crippen LogP contribution is 2.27. The minimum atomic E-state index is 0.0187. The maximum atomic E-state index is 12.2. The van der Waals surface area contributed by atoms with Crippen LogP contribution in [0.2, 0.25) is 0 Å². The molecule has 1 aliphatic rings. The zero-order chi connectivity index (χ0) is 12.4. The molecule has 2 rings (SSSR count). The number of nitrogens with zero attached hydrogens (tertiary/aromatic N) is 2. The van der Waals surface area contributed by atoms with Gasteiger partial charge in [-0.05, 0) is 32.6 Å². The third-order valence-corrected chi connectivity index (χ3v) is 3.42. The molecule has 0 atom stereocenters. The molecule has 94 valence electrons. The van der Waals surface area contributed by atoms with Crippen molar-refractivity contribution in [2.75, 3.05) is 12.8 Å². The standard InChI is InChI=1S/C12H19N3O2/c1-8-7-11(13)15(14-8)12(16)9-3-5-10(17-2)6-4-9/h7,9-10H,3-6,13H2,1-2H3. The molecule has 0 bridgehead atoms. The number of carbonyl (C=O) groups is 1. The van der Waals surface area contributed by atoms with Crippen LogP contribution in [0.25, 0.3) is 0 Å². The molecular weight excluding hydrogens is 218 g/mol. The molecule has 2 N–H and O–H groups in total. The smallest absolute Gasteiger partial charge is 0.251 e. The molecule has 17 heavy (non-hydrogen) atoms. The zero-order valence-corrected chi connectivity index (χ0v) is 10.3. The number of hydrogen-bond donors (Lipinski definition) is 1. The van der Waals surface area contributed by atoms with E-state index in [1.165, 1.54) is 4.68 Å². The maximum Gasteiger partial charge on any atom is 0.251 e. The predicted octanol–water partition coefficient (Wildman–Crippen LogP) is 1.62. The number of rotatable bonds is 2. The van der Waals surface area contributed by atoms with Crippen molar-refractivity contribution in [1.29, 1.82) is 0 Å². The first-order valence-corrected chi connectivity index (χ1v) is 6.01. The number of nitrogen functional groups attached to an aromatic ring is 1. The van der Waals surface area contributed by atoms with Crippen LogP contribution in [-0.2, 0) is 4.74 Å². The third kappa shape index (κ3) is 2.49. The number of nitrogens with two attached hydrogens (primary N) is 1. The number of hydrogen-bond acceptors (Lipinski definition) is 4. The molecule has 0 radical (unpaired) electrons. The van der Waals surface area contributed by atoms with Gasteiger partial charge < -0.3 is 10.5 Å². The Kier molecular flexibility index (Phi) is 3.47. The van der Waals surface area contributed by atoms with Crippen molar-refractivity contribution in [3.63, 3.8) is 0 Å². The Morgan fingerprint density at radius 2 is 2.12 bits per heavy atom. The SMILES string of the molecule is COC1CCC(C(=O)n2nc(C)cc2N)CC1. The van der Waals surface area contributed by atoms with Crippen molar-refractivity contribution in [1.82, 2.24) is 9.78 Å². The largest absolute Gasteiger partial charge is 0.383 e. The molecule has 0 saturated heterocycles. The number of ether oxygens (including phenoxy) is 1. The van der Waals surface area contributed by atoms with Gasteiger partial charge in [0.05, 0.1) is 11.8 Å². The zero-order valence-electron chi connectivity index (χ0n) is 10.3. The molecule has 5 heteroatoms. The second kappa shape index (κ2) is 4.87. The normalized spacial score (nSPS) is 24.8. The molecule has 1 aromatic heterocycles. The average Bonchev–Trinajstić information content (AvgIpc) is 2.68. The van der Waals surface area contributed by atoms with Crippen LogP contribution >= 0.6 is 0 Å². The molecular formula is C12H19N3O2. The number of carbonyl (C=O) groups excluding carboxylic acids is 1. The summed E-state index contributed by atoms with van der Waals surface area (Å²) >= 11 is 0. The molecule has 1 fully saturated rings. The quantitative estimate of drug-likeness (QED) is 0.848. The fourth-order valence-corrected chi connectivity index (χ4v) is 2.41. The van der Waals surface area contributed by atoms with Crippen LogP contribution in [0.3, 0.4) is 0 Å². The number of methoxy groups -OCH3 is 1. The van der Waals surface area contributed by atoms with E-state index in [0.29, 0.717) is 11.9 Å². The lowest BCUT2D eigenvalue weighted by Crippen LogP contribution is -2.30. The molecule has 1 heterocycles. The van der Waals surface area contributed by atoms with Crippen molar-refractivity contribution in [2.45, 2.75) is 38.7 Å². The van der Waals surface area contributed by atoms with Crippen LogP contribution in [0, 0.1) is 12.8 Å². The lowest BCUT2D eigenvalue weighted by atomic mass is 9.87. The predicted molar refractivity (Wildman–Crippen MR) is 64.8 cm³/mol. The summed E-state index contributed by atoms with van der Waals surface area (Å²) in [6.07, 6.45) is 3.89. The van der Waals surface area contributed by atoms with E-state index in [4.69, 9.17) is 10.5 Å². The van der Waals surface area contributed by atoms with Crippen molar-refractivity contribution in [3.05, 3.63) is 11.8 Å². The first kappa shape index (κ1) is 12.1. The Balaban J connectivity index is 2.04. The molecule has 0 aliphatic heterocycles. The van der Waals surface area contributed by atoms with E-state index in [2.05, 4.69) is 5.10 Å². The maximum absolute atomic E-state index is 12.2. The van der Waals surface area contributed by atoms with Gasteiger partial charge in [-0.15, -0.1) is 0 Å². The summed E-state index contributed by atoms with van der Waals surface area (Å²) in [5.41, 5.74) is 6.54. The Hall–Kier alpha value is -1.36. The second-order valence-electron chi connectivity index (χ2n) is 4.67. The van der Waals surface area contributed by atoms with Gasteiger partial charge in [-0.3, -0.25) is 4.79 Å². The van der Waals surface area contributed by atoms with Gasteiger partial charge in [-0.25, -0.2) is 0 Å². The Morgan fingerprint density at radius 1 is 1.47 bits per heavy atom. The van der Waals surface area contributed by atoms with Gasteiger partial charge in [0.15, 0.2) is 0 Å². The van der Waals surface area contributed by atoms with Crippen LogP contribution in [-0.4, -0.2) is 28.9 Å². The summed E-state index contributed by atoms with van der Waals surface area (Å²) in [6.45, 7) is 1.84. The Morgan fingerprint density at radius 3 is 2.59 bits per heavy atom. The van der Waals surface area contributed by atoms with Crippen molar-refractivity contribution < 1.29 is 9.53 Å². The van der Waals surface area contributed by atoms with E-state index in [1.54, 1.807) is 13.2 Å². The van der Waals surface area contributed by atoms with Crippen LogP contribution in [0.5, 0.6) is 0 Å². The minimum Gasteiger partial charge on any atom is -0.383 e. The first-order valence-electron chi connectivity index (χ1n) is 6.01. The van der Waals surface area contributed by atoms with Crippen LogP contribution in [0.1, 0.15) is 36.2 Å². The summed E-state index contributed by atoms with van der Waals surface area (Å²) in [5.74, 6) is 0.481. The molecule has 5 nitrogen and oxygen atoms in total. The summed E-state index contributed by atoms with van der Waals surface area (Å²) in [5, 5.41) is 4.14. The number of anilines is 1. The van der Waals surface area contributed by atoms with E-state index < -0.39 is 0 Å². The summed E-state index contributed by atoms with van der Waals surface area (Å²) < 4.78 is 6.63. The molecule has 0 aromatic carbocycles. The fourth-order valence-electron chi connectivity index (χ4n) is 2.41. The highest BCUT2D eigenvalue weighted by molar-refractivity contribution is 5.83. The molecule has 1 saturated carbocycles. The second-order valence-corrected chi connectivity index (χ2v) is 4.67. The van der Waals surface area contributed by atoms with Crippen molar-refractivity contribution >= 4 is 11.7 Å². The van der Waals surface area contributed by atoms with E-state index in [-0.39, 0.29) is 11.8 Å². The average molecular weight is 237 g/mol. The monoisotopic (exact) mass is 237 g/mol. The molecule has 0 amide bonds. The Bertz CT molecular complexity index is 406. The number of aryl methyl sites for hydroxylation is 1. The van der Waals surface area contributed by atoms with E-state index in [0.717, 1.165) is 31.4 Å². The molecule has 0 spiro atoms. The Labute approximate surface area is 101 Å². The van der Waals surface area contributed by atoms with Gasteiger partial charge in [0.2, 0.25) is 0 Å². The number of aromatic nitrogens is 2. The summed E-state index contributed by atoms with van der Waals surface area (Å²) in [7, 11) is 1.72. The van der Waals surface area contributed by atoms with Gasteiger partial charge in [-0.1, -0.05) is 0 Å². The van der Waals surface area contributed by atoms with Crippen LogP contribution < -0.4 is 5.73 Å². The van der Waals surface area contributed by atoms with Crippen molar-refractivity contribution in [3.8, 4) is 0 Å². The highest BCUT2D eigenvalue weighted by atomic mass is 16.5. The van der Waals surface area contributed by atoms with Gasteiger partial charge in [0, 0.05) is 19.1 Å². The lowest BCUT2D eigenvalue weighted by molar-refractivity contribution is 0.0475. The van der Waals surface area contributed by atoms with E-state index in [1.807, 2.05) is 6.92 Å². The summed E-state index contributed by atoms with van der Waals surface area (Å²) in [6, 6.07) is 1.72. The molecule has 1 aliphatic carbocycles. The van der Waals surface area contributed by atoms with Crippen molar-refractivity contribution in [2.24, 2.45) is 5.92 Å².